The number of aryl methyl sites for hydroxylation is 1. The number of carbonyl (C=O) groups excluding carboxylic acids is 1. The lowest BCUT2D eigenvalue weighted by atomic mass is 10.1. The van der Waals surface area contributed by atoms with Crippen LogP contribution in [0, 0.1) is 22.9 Å². The molecule has 1 unspecified atom stereocenters. The lowest BCUT2D eigenvalue weighted by molar-refractivity contribution is -0.385. The highest BCUT2D eigenvalue weighted by Crippen LogP contribution is 2.24. The van der Waals surface area contributed by atoms with Gasteiger partial charge in [-0.25, -0.2) is 4.39 Å². The molecule has 2 N–H and O–H groups in total. The third-order valence-electron chi connectivity index (χ3n) is 3.54. The number of nitrogens with zero attached hydrogens (tertiary/aromatic N) is 1. The molecule has 0 radical (unpaired) electrons. The minimum Gasteiger partial charge on any atom is -0.487 e. The fourth-order valence-electron chi connectivity index (χ4n) is 2.08. The summed E-state index contributed by atoms with van der Waals surface area (Å²) in [5, 5.41) is 23.6. The first kappa shape index (κ1) is 19.8. The Bertz CT molecular complexity index is 857. The molecule has 2 rings (SSSR count). The van der Waals surface area contributed by atoms with Gasteiger partial charge in [0.05, 0.1) is 4.92 Å². The van der Waals surface area contributed by atoms with Gasteiger partial charge in [-0.15, -0.1) is 0 Å². The zero-order valence-corrected chi connectivity index (χ0v) is 15.5. The average molecular weight is 427 g/mol. The van der Waals surface area contributed by atoms with E-state index in [9.17, 15) is 24.4 Å². The Morgan fingerprint density at radius 3 is 2.65 bits per heavy atom. The first-order valence-electron chi connectivity index (χ1n) is 7.47. The van der Waals surface area contributed by atoms with Crippen molar-refractivity contribution in [3.8, 4) is 5.75 Å². The number of nitro benzene ring substituents is 1. The predicted molar refractivity (Wildman–Crippen MR) is 96.7 cm³/mol. The molecular weight excluding hydrogens is 411 g/mol. The van der Waals surface area contributed by atoms with Crippen LogP contribution in [-0.2, 0) is 4.79 Å². The Kier molecular flexibility index (Phi) is 5.94. The average Bonchev–Trinajstić information content (AvgIpc) is 2.53. The van der Waals surface area contributed by atoms with Gasteiger partial charge in [-0.1, -0.05) is 15.9 Å². The fourth-order valence-corrected chi connectivity index (χ4v) is 2.41. The van der Waals surface area contributed by atoms with Gasteiger partial charge in [0.25, 0.3) is 11.6 Å². The van der Waals surface area contributed by atoms with Crippen LogP contribution >= 0.6 is 15.9 Å². The molecule has 2 aromatic carbocycles. The van der Waals surface area contributed by atoms with E-state index in [1.54, 1.807) is 6.07 Å². The lowest BCUT2D eigenvalue weighted by Gasteiger charge is -2.22. The third-order valence-corrected chi connectivity index (χ3v) is 4.04. The van der Waals surface area contributed by atoms with Crippen molar-refractivity contribution in [3.05, 3.63) is 62.4 Å². The van der Waals surface area contributed by atoms with E-state index in [2.05, 4.69) is 21.2 Å². The monoisotopic (exact) mass is 426 g/mol. The van der Waals surface area contributed by atoms with Crippen LogP contribution in [0.15, 0.2) is 40.9 Å². The maximum Gasteiger partial charge on any atom is 0.272 e. The molecule has 138 valence electrons. The summed E-state index contributed by atoms with van der Waals surface area (Å²) >= 11 is 3.12. The van der Waals surface area contributed by atoms with E-state index in [-0.39, 0.29) is 17.1 Å². The molecule has 9 heteroatoms. The number of benzene rings is 2. The lowest BCUT2D eigenvalue weighted by Crippen LogP contribution is -2.45. The van der Waals surface area contributed by atoms with Crippen molar-refractivity contribution in [2.45, 2.75) is 19.4 Å². The van der Waals surface area contributed by atoms with Crippen molar-refractivity contribution in [3.63, 3.8) is 0 Å². The van der Waals surface area contributed by atoms with Crippen LogP contribution < -0.4 is 10.1 Å². The molecule has 0 bridgehead atoms. The van der Waals surface area contributed by atoms with Gasteiger partial charge in [-0.3, -0.25) is 14.9 Å². The van der Waals surface area contributed by atoms with Gasteiger partial charge in [0.15, 0.2) is 17.2 Å². The number of nitro groups is 1. The maximum atomic E-state index is 13.7. The molecule has 0 saturated carbocycles. The van der Waals surface area contributed by atoms with Gasteiger partial charge in [0.2, 0.25) is 0 Å². The van der Waals surface area contributed by atoms with Gasteiger partial charge >= 0.3 is 0 Å². The molecule has 0 spiro atoms. The number of rotatable bonds is 6. The summed E-state index contributed by atoms with van der Waals surface area (Å²) in [7, 11) is 0. The largest absolute Gasteiger partial charge is 0.487 e. The van der Waals surface area contributed by atoms with Crippen molar-refractivity contribution in [1.82, 2.24) is 0 Å². The Morgan fingerprint density at radius 1 is 1.38 bits per heavy atom. The van der Waals surface area contributed by atoms with E-state index < -0.39 is 28.9 Å². The predicted octanol–water partition coefficient (Wildman–Crippen LogP) is 3.57. The summed E-state index contributed by atoms with van der Waals surface area (Å²) in [5.74, 6) is -1.53. The van der Waals surface area contributed by atoms with E-state index in [1.807, 2.05) is 0 Å². The second kappa shape index (κ2) is 7.79. The fraction of sp³-hybridized carbons (Fsp3) is 0.235. The number of anilines is 1. The first-order chi connectivity index (χ1) is 12.1. The molecule has 0 fully saturated rings. The molecule has 2 aromatic rings. The molecular formula is C17H16BrFN2O5. The molecule has 0 aliphatic carbocycles. The normalized spacial score (nSPS) is 13.0. The van der Waals surface area contributed by atoms with Crippen molar-refractivity contribution in [2.75, 3.05) is 11.9 Å². The van der Waals surface area contributed by atoms with E-state index >= 15 is 0 Å². The second-order valence-corrected chi connectivity index (χ2v) is 6.77. The summed E-state index contributed by atoms with van der Waals surface area (Å²) in [6.45, 7) is 2.27. The first-order valence-corrected chi connectivity index (χ1v) is 8.26. The third kappa shape index (κ3) is 4.77. The number of nitrogens with one attached hydrogen (secondary N) is 1. The number of halogens is 2. The second-order valence-electron chi connectivity index (χ2n) is 5.85. The van der Waals surface area contributed by atoms with Crippen LogP contribution in [-0.4, -0.2) is 28.1 Å². The number of carbonyl (C=O) groups is 1. The molecule has 0 aromatic heterocycles. The van der Waals surface area contributed by atoms with E-state index in [1.165, 1.54) is 44.2 Å². The van der Waals surface area contributed by atoms with Crippen molar-refractivity contribution in [2.24, 2.45) is 0 Å². The molecule has 0 heterocycles. The molecule has 1 atom stereocenters. The minimum atomic E-state index is -1.95. The highest BCUT2D eigenvalue weighted by atomic mass is 79.9. The minimum absolute atomic E-state index is 0.0798. The topological polar surface area (TPSA) is 102 Å². The van der Waals surface area contributed by atoms with E-state index in [0.29, 0.717) is 10.0 Å². The van der Waals surface area contributed by atoms with Crippen LogP contribution in [0.2, 0.25) is 0 Å². The summed E-state index contributed by atoms with van der Waals surface area (Å²) in [6.07, 6.45) is 0. The smallest absolute Gasteiger partial charge is 0.272 e. The van der Waals surface area contributed by atoms with Crippen molar-refractivity contribution >= 4 is 33.2 Å². The van der Waals surface area contributed by atoms with E-state index in [4.69, 9.17) is 4.74 Å². The van der Waals surface area contributed by atoms with Crippen LogP contribution in [0.4, 0.5) is 15.8 Å². The molecule has 0 aliphatic rings. The Morgan fingerprint density at radius 2 is 2.08 bits per heavy atom. The zero-order chi connectivity index (χ0) is 19.5. The standard InChI is InChI=1S/C17H16BrFN2O5/c1-10-7-12(4-5-14(10)21(24)25)20-16(22)17(2,23)9-26-15-6-3-11(18)8-13(15)19/h3-8,23H,9H2,1-2H3,(H,20,22). The summed E-state index contributed by atoms with van der Waals surface area (Å²) in [4.78, 5) is 22.5. The van der Waals surface area contributed by atoms with E-state index in [0.717, 1.165) is 0 Å². The summed E-state index contributed by atoms with van der Waals surface area (Å²) in [6, 6.07) is 8.16. The molecule has 7 nitrogen and oxygen atoms in total. The number of hydrogen-bond acceptors (Lipinski definition) is 5. The Balaban J connectivity index is 2.05. The summed E-state index contributed by atoms with van der Waals surface area (Å²) in [5.41, 5.74) is -1.38. The number of ether oxygens (including phenoxy) is 1. The van der Waals surface area contributed by atoms with Gasteiger partial charge in [-0.2, -0.15) is 0 Å². The molecule has 0 aliphatic heterocycles. The van der Waals surface area contributed by atoms with Gasteiger partial charge in [0, 0.05) is 21.8 Å². The maximum absolute atomic E-state index is 13.7. The van der Waals surface area contributed by atoms with Crippen molar-refractivity contribution in [1.29, 1.82) is 0 Å². The van der Waals surface area contributed by atoms with Crippen LogP contribution in [0.1, 0.15) is 12.5 Å². The summed E-state index contributed by atoms with van der Waals surface area (Å²) < 4.78 is 19.5. The highest BCUT2D eigenvalue weighted by molar-refractivity contribution is 9.10. The highest BCUT2D eigenvalue weighted by Gasteiger charge is 2.32. The van der Waals surface area contributed by atoms with Gasteiger partial charge in [-0.05, 0) is 44.2 Å². The van der Waals surface area contributed by atoms with Crippen molar-refractivity contribution < 1.29 is 24.0 Å². The quantitative estimate of drug-likeness (QED) is 0.542. The molecule has 26 heavy (non-hydrogen) atoms. The number of amides is 1. The van der Waals surface area contributed by atoms with Crippen LogP contribution in [0.5, 0.6) is 5.75 Å². The number of aliphatic hydroxyl groups is 1. The van der Waals surface area contributed by atoms with Gasteiger partial charge < -0.3 is 15.2 Å². The van der Waals surface area contributed by atoms with Gasteiger partial charge in [0.1, 0.15) is 6.61 Å². The Labute approximate surface area is 157 Å². The number of hydrogen-bond donors (Lipinski definition) is 2. The molecule has 0 saturated heterocycles. The Hall–Kier alpha value is -2.52. The molecule has 1 amide bonds. The van der Waals surface area contributed by atoms with Crippen LogP contribution in [0.3, 0.4) is 0 Å². The SMILES string of the molecule is Cc1cc(NC(=O)C(C)(O)COc2ccc(Br)cc2F)ccc1[N+](=O)[O-]. The van der Waals surface area contributed by atoms with Crippen LogP contribution in [0.25, 0.3) is 0 Å². The zero-order valence-electron chi connectivity index (χ0n) is 14.0.